The molecule has 0 bridgehead atoms. The van der Waals surface area contributed by atoms with Crippen LogP contribution in [-0.2, 0) is 16.6 Å². The normalized spacial score (nSPS) is 27.4. The van der Waals surface area contributed by atoms with E-state index in [1.165, 1.54) is 19.3 Å². The molecule has 5 heteroatoms. The average molecular weight is 296 g/mol. The fourth-order valence-corrected chi connectivity index (χ4v) is 3.53. The molecule has 2 rings (SSSR count). The van der Waals surface area contributed by atoms with E-state index in [4.69, 9.17) is 5.14 Å². The van der Waals surface area contributed by atoms with Gasteiger partial charge >= 0.3 is 0 Å². The lowest BCUT2D eigenvalue weighted by atomic mass is 9.80. The first-order valence-electron chi connectivity index (χ1n) is 7.21. The van der Waals surface area contributed by atoms with Crippen LogP contribution in [0.15, 0.2) is 29.2 Å². The Morgan fingerprint density at radius 3 is 2.40 bits per heavy atom. The van der Waals surface area contributed by atoms with Crippen LogP contribution in [0.25, 0.3) is 0 Å². The number of nitrogens with two attached hydrogens (primary N) is 1. The topological polar surface area (TPSA) is 72.2 Å². The van der Waals surface area contributed by atoms with Crippen molar-refractivity contribution in [1.29, 1.82) is 0 Å². The number of rotatable bonds is 4. The molecular weight excluding hydrogens is 272 g/mol. The third-order valence-electron chi connectivity index (χ3n) is 4.25. The molecule has 1 saturated carbocycles. The quantitative estimate of drug-likeness (QED) is 0.895. The molecule has 0 spiro atoms. The predicted molar refractivity (Wildman–Crippen MR) is 80.6 cm³/mol. The SMILES string of the molecule is CC1CCC(NCc2ccc(S(N)(=O)=O)cc2)C(C)C1. The highest BCUT2D eigenvalue weighted by atomic mass is 32.2. The Hall–Kier alpha value is -0.910. The fraction of sp³-hybridized carbons (Fsp3) is 0.600. The number of primary sulfonamides is 1. The molecule has 3 unspecified atom stereocenters. The van der Waals surface area contributed by atoms with E-state index in [-0.39, 0.29) is 4.90 Å². The van der Waals surface area contributed by atoms with Crippen molar-refractivity contribution >= 4 is 10.0 Å². The van der Waals surface area contributed by atoms with Gasteiger partial charge in [-0.3, -0.25) is 0 Å². The van der Waals surface area contributed by atoms with Crippen molar-refractivity contribution in [2.24, 2.45) is 17.0 Å². The predicted octanol–water partition coefficient (Wildman–Crippen LogP) is 2.25. The number of hydrogen-bond acceptors (Lipinski definition) is 3. The maximum absolute atomic E-state index is 11.2. The minimum atomic E-state index is -3.59. The van der Waals surface area contributed by atoms with E-state index in [0.717, 1.165) is 18.0 Å². The highest BCUT2D eigenvalue weighted by Crippen LogP contribution is 2.28. The summed E-state index contributed by atoms with van der Waals surface area (Å²) < 4.78 is 22.4. The van der Waals surface area contributed by atoms with Gasteiger partial charge < -0.3 is 5.32 Å². The molecule has 1 aromatic rings. The van der Waals surface area contributed by atoms with Crippen LogP contribution in [0.5, 0.6) is 0 Å². The standard InChI is InChI=1S/C15H24N2O2S/c1-11-3-8-15(12(2)9-11)17-10-13-4-6-14(7-5-13)20(16,18)19/h4-7,11-12,15,17H,3,8-10H2,1-2H3,(H2,16,18,19). The van der Waals surface area contributed by atoms with Crippen molar-refractivity contribution in [1.82, 2.24) is 5.32 Å². The molecule has 112 valence electrons. The van der Waals surface area contributed by atoms with Crippen molar-refractivity contribution in [2.45, 2.75) is 50.6 Å². The van der Waals surface area contributed by atoms with Gasteiger partial charge in [-0.25, -0.2) is 13.6 Å². The fourth-order valence-electron chi connectivity index (χ4n) is 3.01. The van der Waals surface area contributed by atoms with E-state index < -0.39 is 10.0 Å². The monoisotopic (exact) mass is 296 g/mol. The summed E-state index contributed by atoms with van der Waals surface area (Å²) in [6, 6.07) is 7.34. The Balaban J connectivity index is 1.91. The summed E-state index contributed by atoms with van der Waals surface area (Å²) in [6.07, 6.45) is 3.78. The zero-order valence-electron chi connectivity index (χ0n) is 12.2. The average Bonchev–Trinajstić information content (AvgIpc) is 2.37. The van der Waals surface area contributed by atoms with Gasteiger partial charge in [0.05, 0.1) is 4.90 Å². The first-order chi connectivity index (χ1) is 9.36. The van der Waals surface area contributed by atoms with Crippen LogP contribution in [0.4, 0.5) is 0 Å². The number of nitrogens with one attached hydrogen (secondary N) is 1. The first-order valence-corrected chi connectivity index (χ1v) is 8.76. The Kier molecular flexibility index (Phi) is 4.83. The minimum absolute atomic E-state index is 0.168. The molecule has 4 nitrogen and oxygen atoms in total. The molecule has 3 N–H and O–H groups in total. The summed E-state index contributed by atoms with van der Waals surface area (Å²) >= 11 is 0. The lowest BCUT2D eigenvalue weighted by molar-refractivity contribution is 0.227. The molecule has 1 aromatic carbocycles. The molecule has 0 heterocycles. The van der Waals surface area contributed by atoms with Gasteiger partial charge in [-0.2, -0.15) is 0 Å². The second-order valence-corrected chi connectivity index (χ2v) is 7.63. The largest absolute Gasteiger partial charge is 0.310 e. The molecule has 0 aromatic heterocycles. The van der Waals surface area contributed by atoms with Gasteiger partial charge in [0.1, 0.15) is 0 Å². The Morgan fingerprint density at radius 1 is 1.20 bits per heavy atom. The van der Waals surface area contributed by atoms with Crippen molar-refractivity contribution in [2.75, 3.05) is 0 Å². The molecule has 20 heavy (non-hydrogen) atoms. The van der Waals surface area contributed by atoms with Crippen molar-refractivity contribution < 1.29 is 8.42 Å². The second-order valence-electron chi connectivity index (χ2n) is 6.07. The zero-order chi connectivity index (χ0) is 14.8. The Bertz CT molecular complexity index is 539. The van der Waals surface area contributed by atoms with Gasteiger partial charge in [-0.05, 0) is 48.8 Å². The smallest absolute Gasteiger partial charge is 0.238 e. The molecular formula is C15H24N2O2S. The lowest BCUT2D eigenvalue weighted by Crippen LogP contribution is -2.38. The second kappa shape index (κ2) is 6.24. The van der Waals surface area contributed by atoms with Crippen LogP contribution in [-0.4, -0.2) is 14.5 Å². The zero-order valence-corrected chi connectivity index (χ0v) is 13.0. The third-order valence-corrected chi connectivity index (χ3v) is 5.18. The number of sulfonamides is 1. The maximum Gasteiger partial charge on any atom is 0.238 e. The van der Waals surface area contributed by atoms with Gasteiger partial charge in [0.2, 0.25) is 10.0 Å². The summed E-state index contributed by atoms with van der Waals surface area (Å²) in [7, 11) is -3.59. The van der Waals surface area contributed by atoms with Crippen LogP contribution in [0.2, 0.25) is 0 Å². The molecule has 1 aliphatic rings. The summed E-state index contributed by atoms with van der Waals surface area (Å²) in [6.45, 7) is 5.39. The summed E-state index contributed by atoms with van der Waals surface area (Å²) in [5.41, 5.74) is 1.09. The van der Waals surface area contributed by atoms with E-state index >= 15 is 0 Å². The molecule has 0 radical (unpaired) electrons. The molecule has 0 amide bonds. The highest BCUT2D eigenvalue weighted by molar-refractivity contribution is 7.89. The summed E-state index contributed by atoms with van der Waals surface area (Å²) in [4.78, 5) is 0.168. The molecule has 3 atom stereocenters. The number of benzene rings is 1. The molecule has 1 aliphatic carbocycles. The van der Waals surface area contributed by atoms with Crippen LogP contribution in [0, 0.1) is 11.8 Å². The third kappa shape index (κ3) is 4.04. The first kappa shape index (κ1) is 15.5. The summed E-state index contributed by atoms with van der Waals surface area (Å²) in [5.74, 6) is 1.53. The van der Waals surface area contributed by atoms with E-state index in [0.29, 0.717) is 12.0 Å². The maximum atomic E-state index is 11.2. The van der Waals surface area contributed by atoms with Gasteiger partial charge in [-0.1, -0.05) is 26.0 Å². The van der Waals surface area contributed by atoms with Crippen molar-refractivity contribution in [3.63, 3.8) is 0 Å². The van der Waals surface area contributed by atoms with Gasteiger partial charge in [0, 0.05) is 12.6 Å². The lowest BCUT2D eigenvalue weighted by Gasteiger charge is -2.33. The molecule has 1 fully saturated rings. The van der Waals surface area contributed by atoms with E-state index in [1.807, 2.05) is 12.1 Å². The molecule has 0 aliphatic heterocycles. The van der Waals surface area contributed by atoms with Crippen LogP contribution in [0.3, 0.4) is 0 Å². The minimum Gasteiger partial charge on any atom is -0.310 e. The Morgan fingerprint density at radius 2 is 1.85 bits per heavy atom. The van der Waals surface area contributed by atoms with E-state index in [2.05, 4.69) is 19.2 Å². The van der Waals surface area contributed by atoms with Gasteiger partial charge in [-0.15, -0.1) is 0 Å². The summed E-state index contributed by atoms with van der Waals surface area (Å²) in [5, 5.41) is 8.67. The molecule has 0 saturated heterocycles. The Labute approximate surface area is 121 Å². The van der Waals surface area contributed by atoms with Gasteiger partial charge in [0.15, 0.2) is 0 Å². The van der Waals surface area contributed by atoms with Crippen molar-refractivity contribution in [3.05, 3.63) is 29.8 Å². The van der Waals surface area contributed by atoms with Crippen LogP contribution >= 0.6 is 0 Å². The van der Waals surface area contributed by atoms with Crippen molar-refractivity contribution in [3.8, 4) is 0 Å². The highest BCUT2D eigenvalue weighted by Gasteiger charge is 2.24. The van der Waals surface area contributed by atoms with Crippen LogP contribution in [0.1, 0.15) is 38.7 Å². The van der Waals surface area contributed by atoms with Gasteiger partial charge in [0.25, 0.3) is 0 Å². The van der Waals surface area contributed by atoms with E-state index in [9.17, 15) is 8.42 Å². The van der Waals surface area contributed by atoms with Crippen LogP contribution < -0.4 is 10.5 Å². The van der Waals surface area contributed by atoms with E-state index in [1.54, 1.807) is 12.1 Å². The number of hydrogen-bond donors (Lipinski definition) is 2.